The molecule has 0 heterocycles. The molecule has 0 bridgehead atoms. The van der Waals surface area contributed by atoms with E-state index in [9.17, 15) is 4.79 Å². The van der Waals surface area contributed by atoms with E-state index in [-0.39, 0.29) is 11.9 Å². The lowest BCUT2D eigenvalue weighted by molar-refractivity contribution is 0.0944. The molecule has 3 nitrogen and oxygen atoms in total. The maximum absolute atomic E-state index is 12.1. The maximum atomic E-state index is 12.1. The Kier molecular flexibility index (Phi) is 5.35. The van der Waals surface area contributed by atoms with E-state index >= 15 is 0 Å². The fourth-order valence-electron chi connectivity index (χ4n) is 1.66. The molecule has 4 heteroatoms. The minimum absolute atomic E-state index is 0.0177. The number of thioether (sulfide) groups is 1. The Morgan fingerprint density at radius 2 is 2.18 bits per heavy atom. The second-order valence-electron chi connectivity index (χ2n) is 4.13. The second kappa shape index (κ2) is 6.55. The topological polar surface area (TPSA) is 41.1 Å². The first-order valence-electron chi connectivity index (χ1n) is 5.66. The zero-order valence-corrected chi connectivity index (χ0v) is 11.6. The van der Waals surface area contributed by atoms with Gasteiger partial charge in [-0.2, -0.15) is 11.8 Å². The van der Waals surface area contributed by atoms with Crippen molar-refractivity contribution in [3.63, 3.8) is 0 Å². The van der Waals surface area contributed by atoms with E-state index < -0.39 is 0 Å². The van der Waals surface area contributed by atoms with Gasteiger partial charge in [-0.15, -0.1) is 0 Å². The van der Waals surface area contributed by atoms with E-state index in [0.29, 0.717) is 5.56 Å². The van der Waals surface area contributed by atoms with Gasteiger partial charge in [-0.25, -0.2) is 0 Å². The van der Waals surface area contributed by atoms with Crippen LogP contribution in [0.15, 0.2) is 18.2 Å². The molecule has 0 saturated heterocycles. The summed E-state index contributed by atoms with van der Waals surface area (Å²) in [6, 6.07) is 5.98. The zero-order chi connectivity index (χ0) is 12.8. The zero-order valence-electron chi connectivity index (χ0n) is 10.8. The highest BCUT2D eigenvalue weighted by atomic mass is 32.2. The first-order chi connectivity index (χ1) is 8.08. The number of hydrogen-bond donors (Lipinski definition) is 2. The quantitative estimate of drug-likeness (QED) is 0.846. The first kappa shape index (κ1) is 13.9. The monoisotopic (exact) mass is 252 g/mol. The molecule has 17 heavy (non-hydrogen) atoms. The highest BCUT2D eigenvalue weighted by Gasteiger charge is 2.12. The van der Waals surface area contributed by atoms with Gasteiger partial charge in [0.2, 0.25) is 0 Å². The summed E-state index contributed by atoms with van der Waals surface area (Å²) in [6.07, 6.45) is 2.04. The molecule has 2 N–H and O–H groups in total. The van der Waals surface area contributed by atoms with Crippen molar-refractivity contribution in [1.29, 1.82) is 0 Å². The summed E-state index contributed by atoms with van der Waals surface area (Å²) in [5, 5.41) is 6.05. The summed E-state index contributed by atoms with van der Waals surface area (Å²) in [7, 11) is 1.83. The number of nitrogens with one attached hydrogen (secondary N) is 2. The fourth-order valence-corrected chi connectivity index (χ4v) is 2.24. The lowest BCUT2D eigenvalue weighted by atomic mass is 10.1. The molecule has 0 fully saturated rings. The number of carbonyl (C=O) groups is 1. The highest BCUT2D eigenvalue weighted by Crippen LogP contribution is 2.17. The standard InChI is InChI=1S/C13H20N2OS/c1-9-5-6-11(12(7-9)14-3)13(16)15-10(2)8-17-4/h5-7,10,14H,8H2,1-4H3,(H,15,16). The van der Waals surface area contributed by atoms with Crippen LogP contribution in [0, 0.1) is 6.92 Å². The molecule has 0 aliphatic rings. The van der Waals surface area contributed by atoms with Crippen molar-refractivity contribution in [1.82, 2.24) is 5.32 Å². The Labute approximate surface area is 107 Å². The minimum Gasteiger partial charge on any atom is -0.387 e. The van der Waals surface area contributed by atoms with Crippen LogP contribution < -0.4 is 10.6 Å². The van der Waals surface area contributed by atoms with Crippen molar-refractivity contribution < 1.29 is 4.79 Å². The molecule has 1 atom stereocenters. The molecule has 0 saturated carbocycles. The molecule has 1 unspecified atom stereocenters. The number of hydrogen-bond acceptors (Lipinski definition) is 3. The van der Waals surface area contributed by atoms with Gasteiger partial charge in [0.1, 0.15) is 0 Å². The van der Waals surface area contributed by atoms with Crippen LogP contribution in [0.1, 0.15) is 22.8 Å². The fraction of sp³-hybridized carbons (Fsp3) is 0.462. The third kappa shape index (κ3) is 3.97. The van der Waals surface area contributed by atoms with Gasteiger partial charge in [0.25, 0.3) is 5.91 Å². The molecule has 1 amide bonds. The van der Waals surface area contributed by atoms with Gasteiger partial charge in [0.05, 0.1) is 5.56 Å². The van der Waals surface area contributed by atoms with Crippen LogP contribution in [0.4, 0.5) is 5.69 Å². The Bertz CT molecular complexity index is 393. The summed E-state index contributed by atoms with van der Waals surface area (Å²) in [5.74, 6) is 0.905. The van der Waals surface area contributed by atoms with Gasteiger partial charge in [-0.05, 0) is 37.8 Å². The van der Waals surface area contributed by atoms with E-state index in [4.69, 9.17) is 0 Å². The van der Waals surface area contributed by atoms with Crippen LogP contribution in [-0.2, 0) is 0 Å². The number of anilines is 1. The molecule has 0 spiro atoms. The Hall–Kier alpha value is -1.16. The molecular weight excluding hydrogens is 232 g/mol. The van der Waals surface area contributed by atoms with Gasteiger partial charge in [-0.1, -0.05) is 6.07 Å². The average Bonchev–Trinajstić information content (AvgIpc) is 2.28. The molecular formula is C13H20N2OS. The second-order valence-corrected chi connectivity index (χ2v) is 5.04. The van der Waals surface area contributed by atoms with Gasteiger partial charge in [-0.3, -0.25) is 4.79 Å². The van der Waals surface area contributed by atoms with Crippen LogP contribution >= 0.6 is 11.8 Å². The summed E-state index contributed by atoms with van der Waals surface area (Å²) < 4.78 is 0. The Morgan fingerprint density at radius 3 is 2.76 bits per heavy atom. The van der Waals surface area contributed by atoms with Crippen LogP contribution in [0.25, 0.3) is 0 Å². The van der Waals surface area contributed by atoms with Crippen molar-refractivity contribution >= 4 is 23.4 Å². The number of amides is 1. The van der Waals surface area contributed by atoms with E-state index in [1.54, 1.807) is 11.8 Å². The highest BCUT2D eigenvalue weighted by molar-refractivity contribution is 7.98. The molecule has 1 rings (SSSR count). The number of carbonyl (C=O) groups excluding carboxylic acids is 1. The molecule has 1 aromatic rings. The van der Waals surface area contributed by atoms with Crippen molar-refractivity contribution in [3.8, 4) is 0 Å². The summed E-state index contributed by atoms with van der Waals surface area (Å²) in [5.41, 5.74) is 2.72. The largest absolute Gasteiger partial charge is 0.387 e. The molecule has 0 aliphatic carbocycles. The normalized spacial score (nSPS) is 12.0. The third-order valence-electron chi connectivity index (χ3n) is 2.48. The van der Waals surface area contributed by atoms with E-state index in [1.165, 1.54) is 0 Å². The maximum Gasteiger partial charge on any atom is 0.253 e. The van der Waals surface area contributed by atoms with Crippen molar-refractivity contribution in [2.75, 3.05) is 24.4 Å². The van der Waals surface area contributed by atoms with E-state index in [1.807, 2.05) is 45.4 Å². The van der Waals surface area contributed by atoms with Gasteiger partial charge < -0.3 is 10.6 Å². The van der Waals surface area contributed by atoms with Crippen LogP contribution in [0.2, 0.25) is 0 Å². The summed E-state index contributed by atoms with van der Waals surface area (Å²) in [4.78, 5) is 12.1. The van der Waals surface area contributed by atoms with Crippen molar-refractivity contribution in [2.45, 2.75) is 19.9 Å². The van der Waals surface area contributed by atoms with Gasteiger partial charge >= 0.3 is 0 Å². The average molecular weight is 252 g/mol. The summed E-state index contributed by atoms with van der Waals surface area (Å²) >= 11 is 1.73. The third-order valence-corrected chi connectivity index (χ3v) is 3.32. The van der Waals surface area contributed by atoms with Gasteiger partial charge in [0, 0.05) is 24.5 Å². The Balaban J connectivity index is 2.81. The Morgan fingerprint density at radius 1 is 1.47 bits per heavy atom. The predicted octanol–water partition coefficient (Wildman–Crippen LogP) is 2.52. The van der Waals surface area contributed by atoms with Crippen LogP contribution in [-0.4, -0.2) is 31.0 Å². The van der Waals surface area contributed by atoms with Crippen LogP contribution in [0.3, 0.4) is 0 Å². The predicted molar refractivity (Wildman–Crippen MR) is 76.0 cm³/mol. The van der Waals surface area contributed by atoms with Gasteiger partial charge in [0.15, 0.2) is 0 Å². The minimum atomic E-state index is -0.0177. The van der Waals surface area contributed by atoms with Crippen molar-refractivity contribution in [2.24, 2.45) is 0 Å². The SMILES string of the molecule is CNc1cc(C)ccc1C(=O)NC(C)CSC. The smallest absolute Gasteiger partial charge is 0.253 e. The molecule has 0 aliphatic heterocycles. The number of rotatable bonds is 5. The first-order valence-corrected chi connectivity index (χ1v) is 7.06. The number of benzene rings is 1. The molecule has 0 radical (unpaired) electrons. The van der Waals surface area contributed by atoms with Crippen LogP contribution in [0.5, 0.6) is 0 Å². The molecule has 0 aromatic heterocycles. The molecule has 94 valence electrons. The summed E-state index contributed by atoms with van der Waals surface area (Å²) in [6.45, 7) is 4.03. The van der Waals surface area contributed by atoms with E-state index in [2.05, 4.69) is 10.6 Å². The molecule has 1 aromatic carbocycles. The number of aryl methyl sites for hydroxylation is 1. The lowest BCUT2D eigenvalue weighted by Gasteiger charge is -2.15. The van der Waals surface area contributed by atoms with E-state index in [0.717, 1.165) is 17.0 Å². The van der Waals surface area contributed by atoms with Crippen molar-refractivity contribution in [3.05, 3.63) is 29.3 Å². The lowest BCUT2D eigenvalue weighted by Crippen LogP contribution is -2.34.